The first-order valence-corrected chi connectivity index (χ1v) is 6.09. The third-order valence-electron chi connectivity index (χ3n) is 2.78. The SMILES string of the molecule is CCc1nc(N)c(C)c(Oc2ccc(OC)cc2)n1. The molecule has 5 heteroatoms. The van der Waals surface area contributed by atoms with Crippen molar-refractivity contribution in [3.8, 4) is 17.4 Å². The van der Waals surface area contributed by atoms with Crippen molar-refractivity contribution < 1.29 is 9.47 Å². The van der Waals surface area contributed by atoms with Gasteiger partial charge in [0.15, 0.2) is 0 Å². The first-order chi connectivity index (χ1) is 9.13. The molecule has 5 nitrogen and oxygen atoms in total. The number of aryl methyl sites for hydroxylation is 1. The second-order valence-electron chi connectivity index (χ2n) is 4.09. The maximum absolute atomic E-state index is 5.85. The van der Waals surface area contributed by atoms with E-state index in [1.165, 1.54) is 0 Å². The van der Waals surface area contributed by atoms with E-state index in [-0.39, 0.29) is 0 Å². The standard InChI is InChI=1S/C14H17N3O2/c1-4-12-16-13(15)9(2)14(17-12)19-11-7-5-10(18-3)6-8-11/h5-8H,4H2,1-3H3,(H2,15,16,17). The van der Waals surface area contributed by atoms with Crippen LogP contribution in [0.15, 0.2) is 24.3 Å². The maximum atomic E-state index is 5.85. The predicted octanol–water partition coefficient (Wildman–Crippen LogP) is 2.73. The summed E-state index contributed by atoms with van der Waals surface area (Å²) in [5, 5.41) is 0. The van der Waals surface area contributed by atoms with Gasteiger partial charge in [0, 0.05) is 6.42 Å². The number of rotatable bonds is 4. The largest absolute Gasteiger partial charge is 0.497 e. The van der Waals surface area contributed by atoms with Gasteiger partial charge in [-0.25, -0.2) is 4.98 Å². The lowest BCUT2D eigenvalue weighted by Gasteiger charge is -2.10. The number of ether oxygens (including phenoxy) is 2. The molecule has 0 amide bonds. The number of anilines is 1. The molecule has 2 N–H and O–H groups in total. The van der Waals surface area contributed by atoms with Gasteiger partial charge in [-0.05, 0) is 31.2 Å². The Morgan fingerprint density at radius 1 is 1.11 bits per heavy atom. The fraction of sp³-hybridized carbons (Fsp3) is 0.286. The van der Waals surface area contributed by atoms with E-state index in [0.717, 1.165) is 11.3 Å². The summed E-state index contributed by atoms with van der Waals surface area (Å²) in [6, 6.07) is 7.30. The third-order valence-corrected chi connectivity index (χ3v) is 2.78. The Morgan fingerprint density at radius 2 is 1.74 bits per heavy atom. The number of hydrogen-bond donors (Lipinski definition) is 1. The second kappa shape index (κ2) is 5.56. The van der Waals surface area contributed by atoms with Crippen molar-refractivity contribution in [1.29, 1.82) is 0 Å². The third kappa shape index (κ3) is 2.93. The van der Waals surface area contributed by atoms with E-state index in [9.17, 15) is 0 Å². The van der Waals surface area contributed by atoms with Crippen molar-refractivity contribution in [2.24, 2.45) is 0 Å². The van der Waals surface area contributed by atoms with Crippen LogP contribution in [0.3, 0.4) is 0 Å². The van der Waals surface area contributed by atoms with Gasteiger partial charge in [0.2, 0.25) is 5.88 Å². The van der Waals surface area contributed by atoms with E-state index in [4.69, 9.17) is 15.2 Å². The fourth-order valence-corrected chi connectivity index (χ4v) is 1.57. The fourth-order valence-electron chi connectivity index (χ4n) is 1.57. The van der Waals surface area contributed by atoms with Crippen LogP contribution in [-0.2, 0) is 6.42 Å². The van der Waals surface area contributed by atoms with Gasteiger partial charge in [-0.1, -0.05) is 6.92 Å². The predicted molar refractivity (Wildman–Crippen MR) is 73.6 cm³/mol. The molecule has 0 aliphatic carbocycles. The number of nitrogens with zero attached hydrogens (tertiary/aromatic N) is 2. The number of methoxy groups -OCH3 is 1. The molecule has 1 heterocycles. The van der Waals surface area contributed by atoms with E-state index in [0.29, 0.717) is 29.7 Å². The van der Waals surface area contributed by atoms with Crippen molar-refractivity contribution >= 4 is 5.82 Å². The Balaban J connectivity index is 2.28. The zero-order chi connectivity index (χ0) is 13.8. The van der Waals surface area contributed by atoms with Crippen molar-refractivity contribution in [1.82, 2.24) is 9.97 Å². The summed E-state index contributed by atoms with van der Waals surface area (Å²) >= 11 is 0. The van der Waals surface area contributed by atoms with Crippen LogP contribution in [0.1, 0.15) is 18.3 Å². The molecule has 100 valence electrons. The summed E-state index contributed by atoms with van der Waals surface area (Å²) in [5.74, 6) is 3.08. The minimum atomic E-state index is 0.454. The van der Waals surface area contributed by atoms with Crippen LogP contribution >= 0.6 is 0 Å². The first-order valence-electron chi connectivity index (χ1n) is 6.09. The molecule has 0 unspecified atom stereocenters. The van der Waals surface area contributed by atoms with Crippen LogP contribution in [0.4, 0.5) is 5.82 Å². The smallest absolute Gasteiger partial charge is 0.227 e. The minimum absolute atomic E-state index is 0.454. The molecule has 0 saturated carbocycles. The summed E-state index contributed by atoms with van der Waals surface area (Å²) in [4.78, 5) is 8.53. The van der Waals surface area contributed by atoms with Crippen LogP contribution < -0.4 is 15.2 Å². The van der Waals surface area contributed by atoms with E-state index in [2.05, 4.69) is 9.97 Å². The Labute approximate surface area is 112 Å². The second-order valence-corrected chi connectivity index (χ2v) is 4.09. The number of hydrogen-bond acceptors (Lipinski definition) is 5. The summed E-state index contributed by atoms with van der Waals surface area (Å²) in [5.41, 5.74) is 6.59. The van der Waals surface area contributed by atoms with Gasteiger partial charge in [-0.15, -0.1) is 0 Å². The van der Waals surface area contributed by atoms with E-state index in [1.54, 1.807) is 7.11 Å². The van der Waals surface area contributed by atoms with Crippen molar-refractivity contribution in [3.05, 3.63) is 35.7 Å². The molecule has 0 saturated heterocycles. The Hall–Kier alpha value is -2.30. The zero-order valence-electron chi connectivity index (χ0n) is 11.3. The summed E-state index contributed by atoms with van der Waals surface area (Å²) in [6.45, 7) is 3.81. The zero-order valence-corrected chi connectivity index (χ0v) is 11.3. The molecule has 1 aromatic carbocycles. The van der Waals surface area contributed by atoms with Crippen molar-refractivity contribution in [2.75, 3.05) is 12.8 Å². The molecule has 0 spiro atoms. The van der Waals surface area contributed by atoms with Gasteiger partial charge in [0.1, 0.15) is 23.1 Å². The number of aromatic nitrogens is 2. The number of nitrogens with two attached hydrogens (primary N) is 1. The molecule has 2 rings (SSSR count). The molecule has 0 atom stereocenters. The van der Waals surface area contributed by atoms with Crippen molar-refractivity contribution in [2.45, 2.75) is 20.3 Å². The highest BCUT2D eigenvalue weighted by molar-refractivity contribution is 5.46. The van der Waals surface area contributed by atoms with Gasteiger partial charge < -0.3 is 15.2 Å². The van der Waals surface area contributed by atoms with Crippen LogP contribution in [0.5, 0.6) is 17.4 Å². The lowest BCUT2D eigenvalue weighted by molar-refractivity contribution is 0.411. The summed E-state index contributed by atoms with van der Waals surface area (Å²) in [6.07, 6.45) is 0.712. The van der Waals surface area contributed by atoms with E-state index < -0.39 is 0 Å². The Morgan fingerprint density at radius 3 is 2.32 bits per heavy atom. The first kappa shape index (κ1) is 13.1. The summed E-state index contributed by atoms with van der Waals surface area (Å²) in [7, 11) is 1.62. The molecule has 0 aliphatic rings. The quantitative estimate of drug-likeness (QED) is 0.914. The van der Waals surface area contributed by atoms with Gasteiger partial charge >= 0.3 is 0 Å². The van der Waals surface area contributed by atoms with Gasteiger partial charge in [-0.2, -0.15) is 4.98 Å². The lowest BCUT2D eigenvalue weighted by atomic mass is 10.3. The monoisotopic (exact) mass is 259 g/mol. The molecule has 0 radical (unpaired) electrons. The maximum Gasteiger partial charge on any atom is 0.227 e. The van der Waals surface area contributed by atoms with Crippen LogP contribution in [-0.4, -0.2) is 17.1 Å². The topological polar surface area (TPSA) is 70.3 Å². The van der Waals surface area contributed by atoms with E-state index >= 15 is 0 Å². The van der Waals surface area contributed by atoms with Crippen LogP contribution in [0.25, 0.3) is 0 Å². The highest BCUT2D eigenvalue weighted by Crippen LogP contribution is 2.27. The molecule has 2 aromatic rings. The van der Waals surface area contributed by atoms with Crippen LogP contribution in [0.2, 0.25) is 0 Å². The van der Waals surface area contributed by atoms with Gasteiger partial charge in [0.25, 0.3) is 0 Å². The normalized spacial score (nSPS) is 10.3. The molecule has 0 bridgehead atoms. The lowest BCUT2D eigenvalue weighted by Crippen LogP contribution is -2.04. The molecule has 1 aromatic heterocycles. The molecule has 0 aliphatic heterocycles. The van der Waals surface area contributed by atoms with Gasteiger partial charge in [-0.3, -0.25) is 0 Å². The number of nitrogen functional groups attached to an aromatic ring is 1. The van der Waals surface area contributed by atoms with Crippen molar-refractivity contribution in [3.63, 3.8) is 0 Å². The molecule has 0 fully saturated rings. The Kier molecular flexibility index (Phi) is 3.85. The molecule has 19 heavy (non-hydrogen) atoms. The highest BCUT2D eigenvalue weighted by atomic mass is 16.5. The minimum Gasteiger partial charge on any atom is -0.497 e. The van der Waals surface area contributed by atoms with Crippen LogP contribution in [0, 0.1) is 6.92 Å². The van der Waals surface area contributed by atoms with Gasteiger partial charge in [0.05, 0.1) is 12.7 Å². The highest BCUT2D eigenvalue weighted by Gasteiger charge is 2.10. The number of benzene rings is 1. The average molecular weight is 259 g/mol. The van der Waals surface area contributed by atoms with E-state index in [1.807, 2.05) is 38.1 Å². The molecular weight excluding hydrogens is 242 g/mol. The molecular formula is C14H17N3O2. The average Bonchev–Trinajstić information content (AvgIpc) is 2.44. The summed E-state index contributed by atoms with van der Waals surface area (Å²) < 4.78 is 10.8. The Bertz CT molecular complexity index is 568.